The molecule has 0 atom stereocenters. The standard InChI is InChI=1S/C18H18Br2N2O3/c1-2-12-5-3-4-6-15(12)22-17(23)10-21-18(24)11-25-16-8-7-13(19)9-14(16)20/h3-9H,2,10-11H2,1H3,(H,21,24)(H,22,23). The van der Waals surface area contributed by atoms with Crippen LogP contribution in [0.4, 0.5) is 5.69 Å². The Labute approximate surface area is 163 Å². The maximum absolute atomic E-state index is 12.0. The van der Waals surface area contributed by atoms with E-state index in [4.69, 9.17) is 4.74 Å². The molecule has 0 heterocycles. The molecular formula is C18H18Br2N2O3. The van der Waals surface area contributed by atoms with Gasteiger partial charge in [-0.1, -0.05) is 41.1 Å². The summed E-state index contributed by atoms with van der Waals surface area (Å²) in [6.45, 7) is 1.74. The Hall–Kier alpha value is -1.86. The molecule has 7 heteroatoms. The Morgan fingerprint density at radius 3 is 2.56 bits per heavy atom. The van der Waals surface area contributed by atoms with Crippen molar-refractivity contribution >= 4 is 49.4 Å². The molecule has 2 aromatic carbocycles. The molecule has 0 radical (unpaired) electrons. The minimum atomic E-state index is -0.367. The lowest BCUT2D eigenvalue weighted by Crippen LogP contribution is -2.35. The Morgan fingerprint density at radius 1 is 1.08 bits per heavy atom. The van der Waals surface area contributed by atoms with Crippen molar-refractivity contribution in [2.24, 2.45) is 0 Å². The lowest BCUT2D eigenvalue weighted by molar-refractivity contribution is -0.125. The van der Waals surface area contributed by atoms with E-state index in [0.29, 0.717) is 5.75 Å². The third-order valence-electron chi connectivity index (χ3n) is 3.37. The average Bonchev–Trinajstić information content (AvgIpc) is 2.59. The molecule has 0 bridgehead atoms. The lowest BCUT2D eigenvalue weighted by atomic mass is 10.1. The molecule has 0 saturated heterocycles. The smallest absolute Gasteiger partial charge is 0.258 e. The van der Waals surface area contributed by atoms with Crippen molar-refractivity contribution in [3.05, 3.63) is 57.0 Å². The molecule has 0 aromatic heterocycles. The van der Waals surface area contributed by atoms with Gasteiger partial charge in [-0.25, -0.2) is 0 Å². The van der Waals surface area contributed by atoms with Crippen molar-refractivity contribution in [1.29, 1.82) is 0 Å². The number of rotatable bonds is 7. The topological polar surface area (TPSA) is 67.4 Å². The van der Waals surface area contributed by atoms with Gasteiger partial charge >= 0.3 is 0 Å². The second-order valence-electron chi connectivity index (χ2n) is 5.20. The van der Waals surface area contributed by atoms with Crippen LogP contribution in [0.1, 0.15) is 12.5 Å². The number of anilines is 1. The van der Waals surface area contributed by atoms with Crippen molar-refractivity contribution in [3.63, 3.8) is 0 Å². The summed E-state index contributed by atoms with van der Waals surface area (Å²) in [5.74, 6) is -0.0903. The van der Waals surface area contributed by atoms with Crippen molar-refractivity contribution in [3.8, 4) is 5.75 Å². The van der Waals surface area contributed by atoms with Gasteiger partial charge in [-0.2, -0.15) is 0 Å². The minimum absolute atomic E-state index is 0.109. The van der Waals surface area contributed by atoms with Crippen molar-refractivity contribution in [2.45, 2.75) is 13.3 Å². The van der Waals surface area contributed by atoms with Gasteiger partial charge in [0, 0.05) is 10.2 Å². The minimum Gasteiger partial charge on any atom is -0.483 e. The fraction of sp³-hybridized carbons (Fsp3) is 0.222. The van der Waals surface area contributed by atoms with E-state index in [2.05, 4.69) is 42.5 Å². The van der Waals surface area contributed by atoms with Gasteiger partial charge < -0.3 is 15.4 Å². The van der Waals surface area contributed by atoms with Crippen LogP contribution in [0.15, 0.2) is 51.4 Å². The first kappa shape index (κ1) is 19.5. The van der Waals surface area contributed by atoms with Gasteiger partial charge in [-0.3, -0.25) is 9.59 Å². The summed E-state index contributed by atoms with van der Waals surface area (Å²) in [7, 11) is 0. The molecule has 0 fully saturated rings. The van der Waals surface area contributed by atoms with E-state index >= 15 is 0 Å². The van der Waals surface area contributed by atoms with Gasteiger partial charge in [0.15, 0.2) is 6.61 Å². The van der Waals surface area contributed by atoms with Crippen molar-refractivity contribution in [1.82, 2.24) is 5.32 Å². The van der Waals surface area contributed by atoms with E-state index in [1.165, 1.54) is 0 Å². The molecule has 0 aliphatic rings. The molecule has 2 aromatic rings. The predicted molar refractivity (Wildman–Crippen MR) is 105 cm³/mol. The monoisotopic (exact) mass is 468 g/mol. The van der Waals surface area contributed by atoms with Gasteiger partial charge in [-0.05, 0) is 52.2 Å². The number of ether oxygens (including phenoxy) is 1. The summed E-state index contributed by atoms with van der Waals surface area (Å²) in [6.07, 6.45) is 0.818. The molecule has 2 amide bonds. The number of carbonyl (C=O) groups excluding carboxylic acids is 2. The largest absolute Gasteiger partial charge is 0.483 e. The molecule has 2 rings (SSSR count). The van der Waals surface area contributed by atoms with Crippen molar-refractivity contribution in [2.75, 3.05) is 18.5 Å². The number of hydrogen-bond acceptors (Lipinski definition) is 3. The zero-order valence-electron chi connectivity index (χ0n) is 13.6. The maximum Gasteiger partial charge on any atom is 0.258 e. The van der Waals surface area contributed by atoms with E-state index in [-0.39, 0.29) is 25.0 Å². The summed E-state index contributed by atoms with van der Waals surface area (Å²) < 4.78 is 7.07. The molecule has 132 valence electrons. The van der Waals surface area contributed by atoms with Crippen LogP contribution in [-0.4, -0.2) is 25.0 Å². The van der Waals surface area contributed by atoms with Crippen LogP contribution < -0.4 is 15.4 Å². The van der Waals surface area contributed by atoms with E-state index in [1.54, 1.807) is 6.07 Å². The Kier molecular flexibility index (Phi) is 7.46. The highest BCUT2D eigenvalue weighted by Crippen LogP contribution is 2.28. The highest BCUT2D eigenvalue weighted by Gasteiger charge is 2.09. The zero-order chi connectivity index (χ0) is 18.2. The predicted octanol–water partition coefficient (Wildman–Crippen LogP) is 3.91. The summed E-state index contributed by atoms with van der Waals surface area (Å²) in [4.78, 5) is 23.8. The Balaban J connectivity index is 1.78. The van der Waals surface area contributed by atoms with E-state index in [1.807, 2.05) is 43.3 Å². The number of nitrogens with one attached hydrogen (secondary N) is 2. The molecule has 25 heavy (non-hydrogen) atoms. The van der Waals surface area contributed by atoms with Crippen LogP contribution in [-0.2, 0) is 16.0 Å². The molecule has 0 saturated carbocycles. The molecule has 5 nitrogen and oxygen atoms in total. The fourth-order valence-corrected chi connectivity index (χ4v) is 3.27. The van der Waals surface area contributed by atoms with Crippen LogP contribution in [0.3, 0.4) is 0 Å². The third-order valence-corrected chi connectivity index (χ3v) is 4.48. The fourth-order valence-electron chi connectivity index (χ4n) is 2.11. The summed E-state index contributed by atoms with van der Waals surface area (Å²) in [5.41, 5.74) is 1.81. The number of para-hydroxylation sites is 1. The molecule has 0 spiro atoms. The molecular weight excluding hydrogens is 452 g/mol. The molecule has 2 N–H and O–H groups in total. The van der Waals surface area contributed by atoms with Gasteiger partial charge in [0.05, 0.1) is 11.0 Å². The van der Waals surface area contributed by atoms with Crippen LogP contribution in [0, 0.1) is 0 Å². The first-order valence-corrected chi connectivity index (χ1v) is 9.30. The van der Waals surface area contributed by atoms with Crippen LogP contribution in [0.2, 0.25) is 0 Å². The zero-order valence-corrected chi connectivity index (χ0v) is 16.8. The number of hydrogen-bond donors (Lipinski definition) is 2. The normalized spacial score (nSPS) is 10.2. The second kappa shape index (κ2) is 9.58. The maximum atomic E-state index is 12.0. The summed E-state index contributed by atoms with van der Waals surface area (Å²) >= 11 is 6.70. The first-order valence-electron chi connectivity index (χ1n) is 7.72. The number of carbonyl (C=O) groups is 2. The van der Waals surface area contributed by atoms with Gasteiger partial charge in [0.2, 0.25) is 5.91 Å². The van der Waals surface area contributed by atoms with Crippen LogP contribution in [0.5, 0.6) is 5.75 Å². The Bertz CT molecular complexity index is 766. The average molecular weight is 470 g/mol. The van der Waals surface area contributed by atoms with Crippen LogP contribution in [0.25, 0.3) is 0 Å². The molecule has 0 unspecified atom stereocenters. The van der Waals surface area contributed by atoms with Gasteiger partial charge in [0.25, 0.3) is 5.91 Å². The molecule has 0 aliphatic heterocycles. The number of halogens is 2. The lowest BCUT2D eigenvalue weighted by Gasteiger charge is -2.11. The number of aryl methyl sites for hydroxylation is 1. The van der Waals surface area contributed by atoms with Crippen molar-refractivity contribution < 1.29 is 14.3 Å². The highest BCUT2D eigenvalue weighted by molar-refractivity contribution is 9.11. The van der Waals surface area contributed by atoms with E-state index in [9.17, 15) is 9.59 Å². The SMILES string of the molecule is CCc1ccccc1NC(=O)CNC(=O)COc1ccc(Br)cc1Br. The summed E-state index contributed by atoms with van der Waals surface area (Å²) in [5, 5.41) is 5.34. The van der Waals surface area contributed by atoms with Gasteiger partial charge in [0.1, 0.15) is 5.75 Å². The van der Waals surface area contributed by atoms with Gasteiger partial charge in [-0.15, -0.1) is 0 Å². The third kappa shape index (κ3) is 6.17. The first-order chi connectivity index (χ1) is 12.0. The quantitative estimate of drug-likeness (QED) is 0.646. The molecule has 0 aliphatic carbocycles. The van der Waals surface area contributed by atoms with E-state index < -0.39 is 0 Å². The summed E-state index contributed by atoms with van der Waals surface area (Å²) in [6, 6.07) is 13.0. The Morgan fingerprint density at radius 2 is 1.84 bits per heavy atom. The van der Waals surface area contributed by atoms with Crippen LogP contribution >= 0.6 is 31.9 Å². The second-order valence-corrected chi connectivity index (χ2v) is 6.97. The number of amides is 2. The number of benzene rings is 2. The van der Waals surface area contributed by atoms with E-state index in [0.717, 1.165) is 26.6 Å². The highest BCUT2D eigenvalue weighted by atomic mass is 79.9.